The number of unbranched alkanes of at least 4 members (excludes halogenated alkanes) is 21. The van der Waals surface area contributed by atoms with E-state index in [0.29, 0.717) is 0 Å². The van der Waals surface area contributed by atoms with E-state index in [-0.39, 0.29) is 0 Å². The van der Waals surface area contributed by atoms with Crippen LogP contribution in [0.15, 0.2) is 0 Å². The van der Waals surface area contributed by atoms with E-state index in [2.05, 4.69) is 13.8 Å². The SMILES string of the molecule is [CH2]CCCCCCCCCCCCCCCCCOCCCCCCCCC. The minimum absolute atomic E-state index is 0.990. The first-order valence-corrected chi connectivity index (χ1v) is 13.3. The van der Waals surface area contributed by atoms with Crippen LogP contribution in [-0.2, 0) is 4.74 Å². The second-order valence-electron chi connectivity index (χ2n) is 8.89. The Morgan fingerprint density at radius 1 is 0.393 bits per heavy atom. The van der Waals surface area contributed by atoms with Crippen molar-refractivity contribution in [2.45, 2.75) is 155 Å². The standard InChI is InChI=1S/C27H55O/c1-3-5-7-9-11-12-13-14-15-16-17-18-19-21-23-25-27-28-26-24-22-20-10-8-6-4-2/h1,3-27H2,2H3. The Bertz CT molecular complexity index is 225. The highest BCUT2D eigenvalue weighted by Gasteiger charge is 1.95. The Morgan fingerprint density at radius 2 is 0.679 bits per heavy atom. The van der Waals surface area contributed by atoms with E-state index in [4.69, 9.17) is 4.74 Å². The van der Waals surface area contributed by atoms with Crippen LogP contribution in [0.5, 0.6) is 0 Å². The van der Waals surface area contributed by atoms with Crippen LogP contribution in [0, 0.1) is 6.92 Å². The largest absolute Gasteiger partial charge is 0.381 e. The molecule has 0 unspecified atom stereocenters. The second-order valence-corrected chi connectivity index (χ2v) is 8.89. The van der Waals surface area contributed by atoms with Gasteiger partial charge in [0, 0.05) is 13.2 Å². The van der Waals surface area contributed by atoms with Gasteiger partial charge in [0.15, 0.2) is 0 Å². The molecule has 0 aliphatic heterocycles. The topological polar surface area (TPSA) is 9.23 Å². The van der Waals surface area contributed by atoms with Crippen LogP contribution in [0.4, 0.5) is 0 Å². The number of hydrogen-bond acceptors (Lipinski definition) is 1. The van der Waals surface area contributed by atoms with Crippen molar-refractivity contribution in [3.63, 3.8) is 0 Å². The molecule has 0 fully saturated rings. The number of ether oxygens (including phenoxy) is 1. The normalized spacial score (nSPS) is 11.4. The molecular weight excluding hydrogens is 340 g/mol. The molecule has 28 heavy (non-hydrogen) atoms. The van der Waals surface area contributed by atoms with E-state index in [1.807, 2.05) is 0 Å². The van der Waals surface area contributed by atoms with Gasteiger partial charge in [0.05, 0.1) is 0 Å². The first-order valence-electron chi connectivity index (χ1n) is 13.3. The third kappa shape index (κ3) is 26.0. The maximum atomic E-state index is 5.78. The lowest BCUT2D eigenvalue weighted by molar-refractivity contribution is 0.125. The first-order chi connectivity index (χ1) is 13.9. The average molecular weight is 396 g/mol. The van der Waals surface area contributed by atoms with Crippen molar-refractivity contribution in [3.05, 3.63) is 6.92 Å². The van der Waals surface area contributed by atoms with Gasteiger partial charge in [-0.05, 0) is 12.8 Å². The Hall–Kier alpha value is -0.0400. The molecule has 0 N–H and O–H groups in total. The van der Waals surface area contributed by atoms with E-state index in [1.165, 1.54) is 141 Å². The van der Waals surface area contributed by atoms with Crippen LogP contribution >= 0.6 is 0 Å². The van der Waals surface area contributed by atoms with E-state index < -0.39 is 0 Å². The van der Waals surface area contributed by atoms with E-state index >= 15 is 0 Å². The van der Waals surface area contributed by atoms with Crippen molar-refractivity contribution in [1.29, 1.82) is 0 Å². The van der Waals surface area contributed by atoms with Crippen LogP contribution in [-0.4, -0.2) is 13.2 Å². The molecule has 169 valence electrons. The number of rotatable bonds is 25. The van der Waals surface area contributed by atoms with Crippen LogP contribution in [0.1, 0.15) is 155 Å². The summed E-state index contributed by atoms with van der Waals surface area (Å²) in [4.78, 5) is 0. The third-order valence-corrected chi connectivity index (χ3v) is 5.93. The molecule has 0 atom stereocenters. The van der Waals surface area contributed by atoms with Crippen molar-refractivity contribution < 1.29 is 4.74 Å². The zero-order valence-electron chi connectivity index (χ0n) is 19.8. The predicted octanol–water partition coefficient (Wildman–Crippen LogP) is 9.83. The maximum Gasteiger partial charge on any atom is 0.0466 e. The molecule has 0 aliphatic rings. The van der Waals surface area contributed by atoms with Gasteiger partial charge in [0.1, 0.15) is 0 Å². The lowest BCUT2D eigenvalue weighted by atomic mass is 10.0. The zero-order valence-corrected chi connectivity index (χ0v) is 19.8. The van der Waals surface area contributed by atoms with Crippen molar-refractivity contribution in [2.24, 2.45) is 0 Å². The Balaban J connectivity index is 2.96. The molecule has 0 aromatic rings. The summed E-state index contributed by atoms with van der Waals surface area (Å²) < 4.78 is 5.78. The van der Waals surface area contributed by atoms with Crippen LogP contribution < -0.4 is 0 Å². The number of hydrogen-bond donors (Lipinski definition) is 0. The molecular formula is C27H55O. The van der Waals surface area contributed by atoms with Gasteiger partial charge in [-0.1, -0.05) is 149 Å². The predicted molar refractivity (Wildman–Crippen MR) is 128 cm³/mol. The van der Waals surface area contributed by atoms with Gasteiger partial charge in [-0.2, -0.15) is 0 Å². The molecule has 1 nitrogen and oxygen atoms in total. The highest BCUT2D eigenvalue weighted by atomic mass is 16.5. The van der Waals surface area contributed by atoms with Crippen molar-refractivity contribution in [1.82, 2.24) is 0 Å². The van der Waals surface area contributed by atoms with Gasteiger partial charge in [0.25, 0.3) is 0 Å². The molecule has 0 heterocycles. The summed E-state index contributed by atoms with van der Waals surface area (Å²) in [7, 11) is 0. The monoisotopic (exact) mass is 395 g/mol. The molecule has 0 aliphatic carbocycles. The molecule has 0 aromatic carbocycles. The summed E-state index contributed by atoms with van der Waals surface area (Å²) in [6, 6.07) is 0. The van der Waals surface area contributed by atoms with Gasteiger partial charge >= 0.3 is 0 Å². The molecule has 0 amide bonds. The highest BCUT2D eigenvalue weighted by Crippen LogP contribution is 2.13. The molecule has 0 aromatic heterocycles. The van der Waals surface area contributed by atoms with E-state index in [9.17, 15) is 0 Å². The second kappa shape index (κ2) is 27.0. The molecule has 0 saturated heterocycles. The summed E-state index contributed by atoms with van der Waals surface area (Å²) in [6.07, 6.45) is 32.0. The van der Waals surface area contributed by atoms with Crippen LogP contribution in [0.25, 0.3) is 0 Å². The van der Waals surface area contributed by atoms with E-state index in [0.717, 1.165) is 19.6 Å². The maximum absolute atomic E-state index is 5.78. The Kier molecular flexibility index (Phi) is 26.9. The fraction of sp³-hybridized carbons (Fsp3) is 0.963. The van der Waals surface area contributed by atoms with Gasteiger partial charge in [0.2, 0.25) is 0 Å². The molecule has 0 saturated carbocycles. The summed E-state index contributed by atoms with van der Waals surface area (Å²) in [5, 5.41) is 0. The average Bonchev–Trinajstić information content (AvgIpc) is 2.71. The Morgan fingerprint density at radius 3 is 1.00 bits per heavy atom. The summed E-state index contributed by atoms with van der Waals surface area (Å²) in [6.45, 7) is 8.17. The third-order valence-electron chi connectivity index (χ3n) is 5.93. The Labute approximate surface area is 179 Å². The van der Waals surface area contributed by atoms with Crippen molar-refractivity contribution >= 4 is 0 Å². The fourth-order valence-corrected chi connectivity index (χ4v) is 3.94. The molecule has 0 bridgehead atoms. The lowest BCUT2D eigenvalue weighted by Gasteiger charge is -2.05. The lowest BCUT2D eigenvalue weighted by Crippen LogP contribution is -1.97. The van der Waals surface area contributed by atoms with Gasteiger partial charge < -0.3 is 4.74 Å². The van der Waals surface area contributed by atoms with Crippen molar-refractivity contribution in [3.8, 4) is 0 Å². The molecule has 0 rings (SSSR count). The summed E-state index contributed by atoms with van der Waals surface area (Å²) >= 11 is 0. The van der Waals surface area contributed by atoms with Crippen molar-refractivity contribution in [2.75, 3.05) is 13.2 Å². The van der Waals surface area contributed by atoms with Crippen LogP contribution in [0.3, 0.4) is 0 Å². The zero-order chi connectivity index (χ0) is 20.4. The molecule has 1 heteroatoms. The minimum atomic E-state index is 0.990. The van der Waals surface area contributed by atoms with Gasteiger partial charge in [-0.3, -0.25) is 0 Å². The summed E-state index contributed by atoms with van der Waals surface area (Å²) in [5.74, 6) is 0. The minimum Gasteiger partial charge on any atom is -0.381 e. The van der Waals surface area contributed by atoms with Gasteiger partial charge in [-0.15, -0.1) is 0 Å². The fourth-order valence-electron chi connectivity index (χ4n) is 3.94. The smallest absolute Gasteiger partial charge is 0.0466 e. The van der Waals surface area contributed by atoms with E-state index in [1.54, 1.807) is 0 Å². The highest BCUT2D eigenvalue weighted by molar-refractivity contribution is 4.51. The first kappa shape index (κ1) is 28.0. The van der Waals surface area contributed by atoms with Gasteiger partial charge in [-0.25, -0.2) is 0 Å². The quantitative estimate of drug-likeness (QED) is 0.140. The summed E-state index contributed by atoms with van der Waals surface area (Å²) in [5.41, 5.74) is 0. The molecule has 0 spiro atoms. The van der Waals surface area contributed by atoms with Crippen LogP contribution in [0.2, 0.25) is 0 Å². The molecule has 1 radical (unpaired) electrons.